The molecule has 0 aliphatic rings. The molecule has 2 amide bonds. The summed E-state index contributed by atoms with van der Waals surface area (Å²) >= 11 is 14.4. The summed E-state index contributed by atoms with van der Waals surface area (Å²) in [7, 11) is 0. The molecule has 0 aromatic heterocycles. The van der Waals surface area contributed by atoms with E-state index >= 15 is 0 Å². The fourth-order valence-corrected chi connectivity index (χ4v) is 2.90. The van der Waals surface area contributed by atoms with Crippen LogP contribution in [0.3, 0.4) is 0 Å². The lowest BCUT2D eigenvalue weighted by atomic mass is 10.2. The van der Waals surface area contributed by atoms with Crippen LogP contribution in [0.5, 0.6) is 11.5 Å². The molecule has 0 saturated heterocycles. The van der Waals surface area contributed by atoms with Gasteiger partial charge in [-0.1, -0.05) is 41.4 Å². The Bertz CT molecular complexity index is 972. The molecule has 10 heteroatoms. The van der Waals surface area contributed by atoms with Gasteiger partial charge in [0, 0.05) is 9.50 Å². The van der Waals surface area contributed by atoms with E-state index in [0.717, 1.165) is 10.0 Å². The van der Waals surface area contributed by atoms with Crippen LogP contribution >= 0.6 is 39.7 Å². The van der Waals surface area contributed by atoms with Crippen LogP contribution in [-0.2, 0) is 4.79 Å². The molecule has 0 unspecified atom stereocenters. The highest BCUT2D eigenvalue weighted by molar-refractivity contribution is 9.10. The largest absolute Gasteiger partial charge is 0.492 e. The maximum Gasteiger partial charge on any atom is 0.276 e. The van der Waals surface area contributed by atoms with Crippen molar-refractivity contribution in [3.05, 3.63) is 57.0 Å². The van der Waals surface area contributed by atoms with Crippen molar-refractivity contribution in [2.45, 2.75) is 20.8 Å². The smallest absolute Gasteiger partial charge is 0.276 e. The molecule has 0 aliphatic heterocycles. The van der Waals surface area contributed by atoms with Gasteiger partial charge in [-0.15, -0.1) is 0 Å². The Labute approximate surface area is 199 Å². The predicted octanol–water partition coefficient (Wildman–Crippen LogP) is 4.16. The number of halogens is 2. The van der Waals surface area contributed by atoms with Gasteiger partial charge in [-0.05, 0) is 67.0 Å². The normalized spacial score (nSPS) is 10.4. The topological polar surface area (TPSA) is 88.7 Å². The average molecular weight is 529 g/mol. The SMILES string of the molecule is Cc1cc(OCC(=O)NNC(=S)NC(=O)c2cc(Br)ccc2OCC(C)C)ccc1Cl. The number of amides is 2. The van der Waals surface area contributed by atoms with Crippen LogP contribution in [0.4, 0.5) is 0 Å². The number of thiocarbonyl (C=S) groups is 1. The first kappa shape index (κ1) is 24.9. The van der Waals surface area contributed by atoms with Crippen LogP contribution < -0.4 is 25.6 Å². The van der Waals surface area contributed by atoms with Crippen LogP contribution in [0.25, 0.3) is 0 Å². The first-order valence-corrected chi connectivity index (χ1v) is 10.9. The number of hydrazine groups is 1. The van der Waals surface area contributed by atoms with Crippen LogP contribution in [0.2, 0.25) is 5.02 Å². The van der Waals surface area contributed by atoms with E-state index < -0.39 is 11.8 Å². The molecule has 0 saturated carbocycles. The van der Waals surface area contributed by atoms with Crippen molar-refractivity contribution in [3.8, 4) is 11.5 Å². The molecule has 3 N–H and O–H groups in total. The molecule has 7 nitrogen and oxygen atoms in total. The van der Waals surface area contributed by atoms with Gasteiger partial charge in [0.05, 0.1) is 12.2 Å². The molecule has 166 valence electrons. The zero-order valence-electron chi connectivity index (χ0n) is 17.3. The number of nitrogens with one attached hydrogen (secondary N) is 3. The third kappa shape index (κ3) is 8.35. The quantitative estimate of drug-likeness (QED) is 0.369. The van der Waals surface area contributed by atoms with E-state index in [1.54, 1.807) is 36.4 Å². The number of aryl methyl sites for hydroxylation is 1. The molecule has 0 heterocycles. The van der Waals surface area contributed by atoms with Crippen LogP contribution in [0, 0.1) is 12.8 Å². The van der Waals surface area contributed by atoms with E-state index in [-0.39, 0.29) is 11.7 Å². The van der Waals surface area contributed by atoms with Crippen molar-refractivity contribution < 1.29 is 19.1 Å². The summed E-state index contributed by atoms with van der Waals surface area (Å²) in [6, 6.07) is 10.2. The second-order valence-electron chi connectivity index (χ2n) is 7.00. The summed E-state index contributed by atoms with van der Waals surface area (Å²) in [6.07, 6.45) is 0. The maximum absolute atomic E-state index is 12.6. The lowest BCUT2D eigenvalue weighted by molar-refractivity contribution is -0.123. The molecule has 2 aromatic rings. The monoisotopic (exact) mass is 527 g/mol. The van der Waals surface area contributed by atoms with E-state index in [0.29, 0.717) is 34.6 Å². The molecule has 2 rings (SSSR count). The van der Waals surface area contributed by atoms with Gasteiger partial charge in [0.25, 0.3) is 11.8 Å². The van der Waals surface area contributed by atoms with E-state index in [1.165, 1.54) is 0 Å². The fraction of sp³-hybridized carbons (Fsp3) is 0.286. The van der Waals surface area contributed by atoms with Crippen molar-refractivity contribution in [1.29, 1.82) is 0 Å². The highest BCUT2D eigenvalue weighted by Crippen LogP contribution is 2.24. The van der Waals surface area contributed by atoms with Crippen molar-refractivity contribution >= 4 is 56.7 Å². The highest BCUT2D eigenvalue weighted by Gasteiger charge is 2.15. The molecule has 31 heavy (non-hydrogen) atoms. The van der Waals surface area contributed by atoms with Gasteiger partial charge in [0.15, 0.2) is 11.7 Å². The summed E-state index contributed by atoms with van der Waals surface area (Å²) in [5, 5.41) is 3.04. The van der Waals surface area contributed by atoms with Crippen molar-refractivity contribution in [2.75, 3.05) is 13.2 Å². The molecular weight excluding hydrogens is 506 g/mol. The second kappa shape index (κ2) is 11.9. The molecule has 2 aromatic carbocycles. The Morgan fingerprint density at radius 1 is 1.13 bits per heavy atom. The van der Waals surface area contributed by atoms with E-state index in [4.69, 9.17) is 33.3 Å². The van der Waals surface area contributed by atoms with Gasteiger partial charge < -0.3 is 9.47 Å². The Kier molecular flexibility index (Phi) is 9.54. The van der Waals surface area contributed by atoms with Crippen LogP contribution in [-0.4, -0.2) is 30.1 Å². The maximum atomic E-state index is 12.6. The summed E-state index contributed by atoms with van der Waals surface area (Å²) in [4.78, 5) is 24.6. The first-order chi connectivity index (χ1) is 14.7. The molecule has 0 aliphatic carbocycles. The van der Waals surface area contributed by atoms with Gasteiger partial charge in [-0.2, -0.15) is 0 Å². The lowest BCUT2D eigenvalue weighted by Gasteiger charge is -2.15. The molecule has 0 atom stereocenters. The number of ether oxygens (including phenoxy) is 2. The molecule has 0 bridgehead atoms. The Hall–Kier alpha value is -2.36. The van der Waals surface area contributed by atoms with Crippen LogP contribution in [0.15, 0.2) is 40.9 Å². The Morgan fingerprint density at radius 2 is 1.87 bits per heavy atom. The minimum absolute atomic E-state index is 0.0736. The molecular formula is C21H23BrClN3O4S. The van der Waals surface area contributed by atoms with E-state index in [9.17, 15) is 9.59 Å². The molecule has 0 spiro atoms. The van der Waals surface area contributed by atoms with E-state index in [1.807, 2.05) is 20.8 Å². The number of hydrogen-bond donors (Lipinski definition) is 3. The van der Waals surface area contributed by atoms with Gasteiger partial charge in [-0.3, -0.25) is 25.8 Å². The first-order valence-electron chi connectivity index (χ1n) is 9.37. The van der Waals surface area contributed by atoms with Crippen LogP contribution in [0.1, 0.15) is 29.8 Å². The third-order valence-electron chi connectivity index (χ3n) is 3.80. The fourth-order valence-electron chi connectivity index (χ4n) is 2.28. The third-order valence-corrected chi connectivity index (χ3v) is 4.92. The summed E-state index contributed by atoms with van der Waals surface area (Å²) in [5.41, 5.74) is 5.99. The predicted molar refractivity (Wildman–Crippen MR) is 128 cm³/mol. The zero-order valence-corrected chi connectivity index (χ0v) is 20.4. The van der Waals surface area contributed by atoms with Crippen molar-refractivity contribution in [1.82, 2.24) is 16.2 Å². The summed E-state index contributed by atoms with van der Waals surface area (Å²) in [6.45, 7) is 6.08. The Balaban J connectivity index is 1.85. The molecule has 0 radical (unpaired) electrons. The second-order valence-corrected chi connectivity index (χ2v) is 8.73. The van der Waals surface area contributed by atoms with Gasteiger partial charge in [0.2, 0.25) is 0 Å². The zero-order chi connectivity index (χ0) is 23.0. The van der Waals surface area contributed by atoms with Crippen molar-refractivity contribution in [2.24, 2.45) is 5.92 Å². The molecule has 0 fully saturated rings. The summed E-state index contributed by atoms with van der Waals surface area (Å²) < 4.78 is 11.8. The summed E-state index contributed by atoms with van der Waals surface area (Å²) in [5.74, 6) is 0.299. The number of hydrogen-bond acceptors (Lipinski definition) is 5. The van der Waals surface area contributed by atoms with Gasteiger partial charge in [0.1, 0.15) is 11.5 Å². The minimum Gasteiger partial charge on any atom is -0.492 e. The average Bonchev–Trinajstić information content (AvgIpc) is 2.72. The van der Waals surface area contributed by atoms with Gasteiger partial charge >= 0.3 is 0 Å². The number of carbonyl (C=O) groups is 2. The number of benzene rings is 2. The highest BCUT2D eigenvalue weighted by atomic mass is 79.9. The van der Waals surface area contributed by atoms with Crippen molar-refractivity contribution in [3.63, 3.8) is 0 Å². The number of carbonyl (C=O) groups excluding carboxylic acids is 2. The number of rotatable bonds is 7. The Morgan fingerprint density at radius 3 is 2.55 bits per heavy atom. The minimum atomic E-state index is -0.479. The van der Waals surface area contributed by atoms with Gasteiger partial charge in [-0.25, -0.2) is 0 Å². The standard InChI is InChI=1S/C21H23BrClN3O4S/c1-12(2)10-30-18-7-4-14(22)9-16(18)20(28)24-21(31)26-25-19(27)11-29-15-5-6-17(23)13(3)8-15/h4-9,12H,10-11H2,1-3H3,(H,25,27)(H2,24,26,28,31). The lowest BCUT2D eigenvalue weighted by Crippen LogP contribution is -2.49. The van der Waals surface area contributed by atoms with E-state index in [2.05, 4.69) is 32.1 Å².